The summed E-state index contributed by atoms with van der Waals surface area (Å²) in [6.07, 6.45) is -4.52. The van der Waals surface area contributed by atoms with Gasteiger partial charge in [-0.05, 0) is 73.5 Å². The van der Waals surface area contributed by atoms with Crippen LogP contribution in [0.3, 0.4) is 0 Å². The fraction of sp³-hybridized carbons (Fsp3) is 0.174. The predicted octanol–water partition coefficient (Wildman–Crippen LogP) is 5.14. The number of sulfonamides is 1. The van der Waals surface area contributed by atoms with Crippen LogP contribution in [0.1, 0.15) is 16.7 Å². The molecule has 0 saturated heterocycles. The van der Waals surface area contributed by atoms with Crippen LogP contribution < -0.4 is 14.8 Å². The van der Waals surface area contributed by atoms with Crippen LogP contribution in [-0.4, -0.2) is 20.9 Å². The van der Waals surface area contributed by atoms with E-state index in [1.54, 1.807) is 13.0 Å². The van der Waals surface area contributed by atoms with Gasteiger partial charge < -0.3 is 10.1 Å². The van der Waals surface area contributed by atoms with Gasteiger partial charge in [0.25, 0.3) is 15.9 Å². The molecule has 0 saturated carbocycles. The molecule has 0 aliphatic rings. The number of benzene rings is 3. The first-order valence-electron chi connectivity index (χ1n) is 9.74. The van der Waals surface area contributed by atoms with Crippen molar-refractivity contribution in [2.24, 2.45) is 0 Å². The molecule has 0 heterocycles. The maximum absolute atomic E-state index is 12.8. The van der Waals surface area contributed by atoms with Crippen LogP contribution >= 0.6 is 0 Å². The lowest BCUT2D eigenvalue weighted by Gasteiger charge is -2.12. The molecule has 0 aliphatic heterocycles. The van der Waals surface area contributed by atoms with Crippen molar-refractivity contribution in [3.8, 4) is 5.75 Å². The molecule has 0 bridgehead atoms. The molecule has 2 N–H and O–H groups in total. The molecule has 1 amide bonds. The molecule has 0 aliphatic carbocycles. The maximum atomic E-state index is 12.8. The smallest absolute Gasteiger partial charge is 0.416 e. The number of alkyl halides is 3. The van der Waals surface area contributed by atoms with Crippen LogP contribution in [0.5, 0.6) is 5.75 Å². The lowest BCUT2D eigenvalue weighted by atomic mass is 10.1. The van der Waals surface area contributed by atoms with E-state index in [0.29, 0.717) is 5.69 Å². The number of halogens is 3. The molecule has 174 valence electrons. The molecule has 0 radical (unpaired) electrons. The Kier molecular flexibility index (Phi) is 6.97. The molecule has 0 spiro atoms. The van der Waals surface area contributed by atoms with E-state index in [1.807, 2.05) is 19.1 Å². The summed E-state index contributed by atoms with van der Waals surface area (Å²) in [7, 11) is -3.83. The highest BCUT2D eigenvalue weighted by Crippen LogP contribution is 2.30. The van der Waals surface area contributed by atoms with Crippen molar-refractivity contribution in [2.75, 3.05) is 16.6 Å². The minimum absolute atomic E-state index is 0.00386. The molecule has 3 aromatic carbocycles. The summed E-state index contributed by atoms with van der Waals surface area (Å²) in [6, 6.07) is 15.1. The molecule has 6 nitrogen and oxygen atoms in total. The minimum Gasteiger partial charge on any atom is -0.484 e. The van der Waals surface area contributed by atoms with E-state index in [0.717, 1.165) is 23.3 Å². The molecule has 3 aromatic rings. The fourth-order valence-corrected chi connectivity index (χ4v) is 4.01. The number of ether oxygens (including phenoxy) is 1. The highest BCUT2D eigenvalue weighted by Gasteiger charge is 2.30. The fourth-order valence-electron chi connectivity index (χ4n) is 2.88. The number of anilines is 2. The van der Waals surface area contributed by atoms with Gasteiger partial charge in [0.2, 0.25) is 0 Å². The number of carbonyl (C=O) groups excluding carboxylic acids is 1. The number of amides is 1. The number of carbonyl (C=O) groups is 1. The van der Waals surface area contributed by atoms with Crippen LogP contribution in [0, 0.1) is 13.8 Å². The minimum atomic E-state index is -4.52. The Morgan fingerprint density at radius 2 is 1.67 bits per heavy atom. The molecule has 3 rings (SSSR count). The second-order valence-corrected chi connectivity index (χ2v) is 8.99. The average molecular weight is 478 g/mol. The topological polar surface area (TPSA) is 84.5 Å². The molecular formula is C23H21F3N2O4S. The highest BCUT2D eigenvalue weighted by atomic mass is 32.2. The molecule has 0 aromatic heterocycles. The van der Waals surface area contributed by atoms with Gasteiger partial charge in [0.1, 0.15) is 5.75 Å². The van der Waals surface area contributed by atoms with E-state index in [2.05, 4.69) is 10.0 Å². The largest absolute Gasteiger partial charge is 0.484 e. The summed E-state index contributed by atoms with van der Waals surface area (Å²) in [5.74, 6) is -0.442. The third kappa shape index (κ3) is 6.48. The van der Waals surface area contributed by atoms with Crippen molar-refractivity contribution < 1.29 is 31.1 Å². The van der Waals surface area contributed by atoms with Gasteiger partial charge in [-0.3, -0.25) is 9.52 Å². The highest BCUT2D eigenvalue weighted by molar-refractivity contribution is 7.92. The zero-order valence-electron chi connectivity index (χ0n) is 17.7. The number of hydrogen-bond donors (Lipinski definition) is 2. The van der Waals surface area contributed by atoms with Crippen LogP contribution in [0.2, 0.25) is 0 Å². The van der Waals surface area contributed by atoms with Crippen molar-refractivity contribution in [3.63, 3.8) is 0 Å². The second kappa shape index (κ2) is 9.53. The van der Waals surface area contributed by atoms with Gasteiger partial charge in [0.15, 0.2) is 6.61 Å². The normalized spacial score (nSPS) is 11.7. The number of nitrogens with one attached hydrogen (secondary N) is 2. The first-order chi connectivity index (χ1) is 15.4. The first kappa shape index (κ1) is 24.1. The monoisotopic (exact) mass is 478 g/mol. The van der Waals surface area contributed by atoms with Crippen molar-refractivity contribution in [1.82, 2.24) is 0 Å². The molecule has 0 unspecified atom stereocenters. The van der Waals surface area contributed by atoms with E-state index in [-0.39, 0.29) is 16.3 Å². The maximum Gasteiger partial charge on any atom is 0.416 e. The summed E-state index contributed by atoms with van der Waals surface area (Å²) in [5.41, 5.74) is 1.26. The zero-order valence-corrected chi connectivity index (χ0v) is 18.5. The van der Waals surface area contributed by atoms with E-state index in [4.69, 9.17) is 4.74 Å². The van der Waals surface area contributed by atoms with Crippen molar-refractivity contribution in [1.29, 1.82) is 0 Å². The van der Waals surface area contributed by atoms with Gasteiger partial charge in [-0.2, -0.15) is 13.2 Å². The Labute approximate surface area is 189 Å². The van der Waals surface area contributed by atoms with E-state index in [1.165, 1.54) is 36.4 Å². The van der Waals surface area contributed by atoms with Gasteiger partial charge in [-0.1, -0.05) is 18.2 Å². The zero-order chi connectivity index (χ0) is 24.2. The summed E-state index contributed by atoms with van der Waals surface area (Å²) in [4.78, 5) is 12.0. The van der Waals surface area contributed by atoms with Crippen LogP contribution in [0.25, 0.3) is 0 Å². The Bertz CT molecular complexity index is 1260. The lowest BCUT2D eigenvalue weighted by molar-refractivity contribution is -0.137. The van der Waals surface area contributed by atoms with Gasteiger partial charge in [0, 0.05) is 5.69 Å². The summed E-state index contributed by atoms with van der Waals surface area (Å²) in [6.45, 7) is 3.17. The van der Waals surface area contributed by atoms with Crippen molar-refractivity contribution >= 4 is 27.3 Å². The van der Waals surface area contributed by atoms with Crippen LogP contribution in [0.15, 0.2) is 71.6 Å². The summed E-state index contributed by atoms with van der Waals surface area (Å²) >= 11 is 0. The molecule has 33 heavy (non-hydrogen) atoms. The van der Waals surface area contributed by atoms with E-state index in [9.17, 15) is 26.4 Å². The van der Waals surface area contributed by atoms with Crippen LogP contribution in [0.4, 0.5) is 24.5 Å². The summed E-state index contributed by atoms with van der Waals surface area (Å²) in [5, 5.41) is 2.33. The Morgan fingerprint density at radius 3 is 2.33 bits per heavy atom. The quantitative estimate of drug-likeness (QED) is 0.493. The Hall–Kier alpha value is -3.53. The third-order valence-corrected chi connectivity index (χ3v) is 6.00. The lowest BCUT2D eigenvalue weighted by Crippen LogP contribution is -2.20. The second-order valence-electron chi connectivity index (χ2n) is 7.31. The SMILES string of the molecule is Cc1ccc(C)c(NS(=O)(=O)c2ccc(OCC(=O)Nc3cccc(C(F)(F)F)c3)cc2)c1. The van der Waals surface area contributed by atoms with Crippen molar-refractivity contribution in [3.05, 3.63) is 83.4 Å². The van der Waals surface area contributed by atoms with Gasteiger partial charge in [0.05, 0.1) is 16.1 Å². The summed E-state index contributed by atoms with van der Waals surface area (Å²) < 4.78 is 71.4. The molecular weight excluding hydrogens is 457 g/mol. The van der Waals surface area contributed by atoms with E-state index >= 15 is 0 Å². The first-order valence-corrected chi connectivity index (χ1v) is 11.2. The number of hydrogen-bond acceptors (Lipinski definition) is 4. The van der Waals surface area contributed by atoms with Gasteiger partial charge >= 0.3 is 6.18 Å². The number of rotatable bonds is 7. The average Bonchev–Trinajstić information content (AvgIpc) is 2.74. The molecule has 0 fully saturated rings. The third-order valence-electron chi connectivity index (χ3n) is 4.62. The van der Waals surface area contributed by atoms with Gasteiger partial charge in [-0.15, -0.1) is 0 Å². The van der Waals surface area contributed by atoms with Crippen LogP contribution in [-0.2, 0) is 21.0 Å². The number of aryl methyl sites for hydroxylation is 2. The molecule has 10 heteroatoms. The van der Waals surface area contributed by atoms with Crippen molar-refractivity contribution in [2.45, 2.75) is 24.9 Å². The van der Waals surface area contributed by atoms with E-state index < -0.39 is 34.3 Å². The Balaban J connectivity index is 1.60. The standard InChI is InChI=1S/C23H21F3N2O4S/c1-15-6-7-16(2)21(12-15)28-33(30,31)20-10-8-19(9-11-20)32-14-22(29)27-18-5-3-4-17(13-18)23(24,25)26/h3-13,28H,14H2,1-2H3,(H,27,29). The molecule has 0 atom stereocenters. The Morgan fingerprint density at radius 1 is 0.970 bits per heavy atom. The predicted molar refractivity (Wildman–Crippen MR) is 119 cm³/mol. The van der Waals surface area contributed by atoms with Gasteiger partial charge in [-0.25, -0.2) is 8.42 Å².